The Morgan fingerprint density at radius 3 is 2.78 bits per heavy atom. The predicted octanol–water partition coefficient (Wildman–Crippen LogP) is 2.78. The lowest BCUT2D eigenvalue weighted by molar-refractivity contribution is 0.102. The number of amides is 1. The first-order chi connectivity index (χ1) is 8.56. The van der Waals surface area contributed by atoms with E-state index in [-0.39, 0.29) is 11.3 Å². The molecule has 0 saturated carbocycles. The van der Waals surface area contributed by atoms with Gasteiger partial charge in [-0.05, 0) is 52.9 Å². The molecule has 1 amide bonds. The van der Waals surface area contributed by atoms with E-state index >= 15 is 0 Å². The lowest BCUT2D eigenvalue weighted by atomic mass is 10.2. The van der Waals surface area contributed by atoms with Gasteiger partial charge in [0.2, 0.25) is 0 Å². The number of carbonyl (C=O) groups is 1. The van der Waals surface area contributed by atoms with Crippen molar-refractivity contribution in [1.82, 2.24) is 4.98 Å². The van der Waals surface area contributed by atoms with Crippen LogP contribution >= 0.6 is 22.6 Å². The number of hydrogen-bond donors (Lipinski definition) is 2. The highest BCUT2D eigenvalue weighted by Gasteiger charge is 2.12. The summed E-state index contributed by atoms with van der Waals surface area (Å²) in [4.78, 5) is 15.8. The highest BCUT2D eigenvalue weighted by molar-refractivity contribution is 14.1. The van der Waals surface area contributed by atoms with Gasteiger partial charge in [-0.3, -0.25) is 4.79 Å². The van der Waals surface area contributed by atoms with Crippen LogP contribution in [0.4, 0.5) is 10.2 Å². The van der Waals surface area contributed by atoms with Crippen molar-refractivity contribution in [3.8, 4) is 5.75 Å². The average Bonchev–Trinajstić information content (AvgIpc) is 2.35. The molecule has 0 unspecified atom stereocenters. The molecule has 1 heterocycles. The summed E-state index contributed by atoms with van der Waals surface area (Å²) in [6.45, 7) is 0. The smallest absolute Gasteiger partial charge is 0.260 e. The normalized spacial score (nSPS) is 10.1. The number of carbonyl (C=O) groups excluding carboxylic acids is 1. The Kier molecular flexibility index (Phi) is 3.75. The van der Waals surface area contributed by atoms with Gasteiger partial charge < -0.3 is 10.4 Å². The molecule has 0 aliphatic rings. The third kappa shape index (κ3) is 2.95. The molecule has 0 saturated heterocycles. The van der Waals surface area contributed by atoms with Gasteiger partial charge in [0, 0.05) is 9.77 Å². The number of phenols is 1. The molecule has 0 aliphatic carbocycles. The minimum absolute atomic E-state index is 0.129. The lowest BCUT2D eigenvalue weighted by Gasteiger charge is -2.06. The van der Waals surface area contributed by atoms with E-state index in [9.17, 15) is 14.3 Å². The number of aromatic nitrogens is 1. The first-order valence-corrected chi connectivity index (χ1v) is 6.05. The molecule has 0 aliphatic heterocycles. The third-order valence-electron chi connectivity index (χ3n) is 2.17. The molecular formula is C12H8FIN2O2. The Bertz CT molecular complexity index is 587. The molecule has 2 aromatic rings. The number of phenolic OH excluding ortho intramolecular Hbond substituents is 1. The SMILES string of the molecule is O=C(Nc1ccc(I)cn1)c1cc(F)ccc1O. The summed E-state index contributed by atoms with van der Waals surface area (Å²) in [7, 11) is 0. The zero-order valence-electron chi connectivity index (χ0n) is 9.02. The number of hydrogen-bond acceptors (Lipinski definition) is 3. The van der Waals surface area contributed by atoms with E-state index in [1.807, 2.05) is 0 Å². The van der Waals surface area contributed by atoms with E-state index in [1.165, 1.54) is 0 Å². The fourth-order valence-corrected chi connectivity index (χ4v) is 1.64. The maximum Gasteiger partial charge on any atom is 0.260 e. The molecule has 18 heavy (non-hydrogen) atoms. The van der Waals surface area contributed by atoms with Gasteiger partial charge in [-0.15, -0.1) is 0 Å². The van der Waals surface area contributed by atoms with Crippen molar-refractivity contribution in [2.75, 3.05) is 5.32 Å². The molecule has 0 radical (unpaired) electrons. The minimum Gasteiger partial charge on any atom is -0.507 e. The Hall–Kier alpha value is -1.70. The fraction of sp³-hybridized carbons (Fsp3) is 0. The third-order valence-corrected chi connectivity index (χ3v) is 2.81. The quantitative estimate of drug-likeness (QED) is 0.812. The van der Waals surface area contributed by atoms with Crippen LogP contribution in [0.3, 0.4) is 0 Å². The van der Waals surface area contributed by atoms with Crippen molar-refractivity contribution < 1.29 is 14.3 Å². The monoisotopic (exact) mass is 358 g/mol. The van der Waals surface area contributed by atoms with Crippen LogP contribution in [0.5, 0.6) is 5.75 Å². The van der Waals surface area contributed by atoms with Crippen molar-refractivity contribution >= 4 is 34.3 Å². The fourth-order valence-electron chi connectivity index (χ4n) is 1.32. The molecule has 2 N–H and O–H groups in total. The number of pyridine rings is 1. The van der Waals surface area contributed by atoms with Gasteiger partial charge in [-0.25, -0.2) is 9.37 Å². The van der Waals surface area contributed by atoms with Crippen LogP contribution in [0.15, 0.2) is 36.5 Å². The van der Waals surface area contributed by atoms with Crippen molar-refractivity contribution in [2.24, 2.45) is 0 Å². The van der Waals surface area contributed by atoms with Gasteiger partial charge in [-0.1, -0.05) is 0 Å². The molecular weight excluding hydrogens is 350 g/mol. The Balaban J connectivity index is 2.21. The van der Waals surface area contributed by atoms with Crippen LogP contribution in [0, 0.1) is 9.39 Å². The van der Waals surface area contributed by atoms with Crippen LogP contribution in [-0.2, 0) is 0 Å². The molecule has 0 fully saturated rings. The van der Waals surface area contributed by atoms with Crippen LogP contribution in [-0.4, -0.2) is 16.0 Å². The van der Waals surface area contributed by atoms with Crippen LogP contribution in [0.25, 0.3) is 0 Å². The summed E-state index contributed by atoms with van der Waals surface area (Å²) in [5, 5.41) is 12.0. The molecule has 0 atom stereocenters. The van der Waals surface area contributed by atoms with Crippen LogP contribution in [0.1, 0.15) is 10.4 Å². The highest BCUT2D eigenvalue weighted by Crippen LogP contribution is 2.19. The van der Waals surface area contributed by atoms with Crippen molar-refractivity contribution in [3.05, 3.63) is 51.5 Å². The summed E-state index contributed by atoms with van der Waals surface area (Å²) in [5.41, 5.74) is -0.129. The zero-order chi connectivity index (χ0) is 13.1. The second-order valence-corrected chi connectivity index (χ2v) is 4.72. The molecule has 4 nitrogen and oxygen atoms in total. The largest absolute Gasteiger partial charge is 0.507 e. The second kappa shape index (κ2) is 5.30. The Morgan fingerprint density at radius 1 is 1.33 bits per heavy atom. The first kappa shape index (κ1) is 12.7. The molecule has 6 heteroatoms. The van der Waals surface area contributed by atoms with Gasteiger partial charge in [0.05, 0.1) is 5.56 Å². The number of benzene rings is 1. The summed E-state index contributed by atoms with van der Waals surface area (Å²) < 4.78 is 13.9. The molecule has 1 aromatic carbocycles. The Morgan fingerprint density at radius 2 is 2.11 bits per heavy atom. The van der Waals surface area contributed by atoms with Crippen LogP contribution < -0.4 is 5.32 Å². The van der Waals surface area contributed by atoms with Gasteiger partial charge in [0.15, 0.2) is 0 Å². The number of halogens is 2. The van der Waals surface area contributed by atoms with E-state index in [0.29, 0.717) is 5.82 Å². The van der Waals surface area contributed by atoms with Crippen molar-refractivity contribution in [1.29, 1.82) is 0 Å². The average molecular weight is 358 g/mol. The van der Waals surface area contributed by atoms with Crippen LogP contribution in [0.2, 0.25) is 0 Å². The maximum absolute atomic E-state index is 13.0. The standard InChI is InChI=1S/C12H8FIN2O2/c13-7-1-3-10(17)9(5-7)12(18)16-11-4-2-8(14)6-15-11/h1-6,17H,(H,15,16,18). The zero-order valence-corrected chi connectivity index (χ0v) is 11.2. The maximum atomic E-state index is 13.0. The number of aromatic hydroxyl groups is 1. The van der Waals surface area contributed by atoms with E-state index in [1.54, 1.807) is 18.3 Å². The molecule has 2 rings (SSSR count). The van der Waals surface area contributed by atoms with Gasteiger partial charge in [-0.2, -0.15) is 0 Å². The molecule has 92 valence electrons. The van der Waals surface area contributed by atoms with E-state index in [0.717, 1.165) is 21.8 Å². The summed E-state index contributed by atoms with van der Waals surface area (Å²) in [5.74, 6) is -1.14. The molecule has 1 aromatic heterocycles. The van der Waals surface area contributed by atoms with Crippen molar-refractivity contribution in [2.45, 2.75) is 0 Å². The minimum atomic E-state index is -0.610. The van der Waals surface area contributed by atoms with Gasteiger partial charge >= 0.3 is 0 Å². The van der Waals surface area contributed by atoms with E-state index in [4.69, 9.17) is 0 Å². The first-order valence-electron chi connectivity index (χ1n) is 4.97. The number of rotatable bonds is 2. The summed E-state index contributed by atoms with van der Waals surface area (Å²) in [6, 6.07) is 6.57. The second-order valence-electron chi connectivity index (χ2n) is 3.48. The number of anilines is 1. The lowest BCUT2D eigenvalue weighted by Crippen LogP contribution is -2.13. The van der Waals surface area contributed by atoms with E-state index in [2.05, 4.69) is 32.9 Å². The number of nitrogens with zero attached hydrogens (tertiary/aromatic N) is 1. The number of nitrogens with one attached hydrogen (secondary N) is 1. The summed E-state index contributed by atoms with van der Waals surface area (Å²) >= 11 is 2.09. The van der Waals surface area contributed by atoms with Gasteiger partial charge in [0.25, 0.3) is 5.91 Å². The molecule has 0 spiro atoms. The van der Waals surface area contributed by atoms with Crippen molar-refractivity contribution in [3.63, 3.8) is 0 Å². The van der Waals surface area contributed by atoms with Gasteiger partial charge in [0.1, 0.15) is 17.4 Å². The topological polar surface area (TPSA) is 62.2 Å². The molecule has 0 bridgehead atoms. The predicted molar refractivity (Wildman–Crippen MR) is 73.0 cm³/mol. The van der Waals surface area contributed by atoms with E-state index < -0.39 is 11.7 Å². The summed E-state index contributed by atoms with van der Waals surface area (Å²) in [6.07, 6.45) is 1.58. The highest BCUT2D eigenvalue weighted by atomic mass is 127. The Labute approximate surface area is 116 Å².